The summed E-state index contributed by atoms with van der Waals surface area (Å²) in [5.41, 5.74) is 6.11. The molecule has 0 radical (unpaired) electrons. The van der Waals surface area contributed by atoms with Crippen molar-refractivity contribution in [1.82, 2.24) is 0 Å². The lowest BCUT2D eigenvalue weighted by Crippen LogP contribution is -2.26. The fourth-order valence-electron chi connectivity index (χ4n) is 1.81. The van der Waals surface area contributed by atoms with Gasteiger partial charge in [-0.3, -0.25) is 0 Å². The molecule has 22 heavy (non-hydrogen) atoms. The zero-order valence-electron chi connectivity index (χ0n) is 12.4. The predicted octanol–water partition coefficient (Wildman–Crippen LogP) is 4.38. The molecule has 6 heteroatoms. The van der Waals surface area contributed by atoms with Crippen LogP contribution in [0.3, 0.4) is 0 Å². The normalized spacial score (nSPS) is 12.6. The first kappa shape index (κ1) is 16.9. The van der Waals surface area contributed by atoms with Crippen LogP contribution in [0.15, 0.2) is 60.7 Å². The summed E-state index contributed by atoms with van der Waals surface area (Å²) < 4.78 is 24.5. The summed E-state index contributed by atoms with van der Waals surface area (Å²) in [6, 6.07) is 17.9. The molecule has 2 N–H and O–H groups in total. The molecule has 0 heterocycles. The first-order chi connectivity index (χ1) is 10.6. The van der Waals surface area contributed by atoms with Crippen LogP contribution in [-0.2, 0) is 4.57 Å². The van der Waals surface area contributed by atoms with E-state index in [2.05, 4.69) is 0 Å². The Balaban J connectivity index is 2.21. The van der Waals surface area contributed by atoms with Crippen molar-refractivity contribution in [3.05, 3.63) is 60.7 Å². The van der Waals surface area contributed by atoms with Crippen molar-refractivity contribution < 1.29 is 13.6 Å². The summed E-state index contributed by atoms with van der Waals surface area (Å²) in [6.07, 6.45) is 2.53. The van der Waals surface area contributed by atoms with Gasteiger partial charge in [-0.25, -0.2) is 4.57 Å². The Labute approximate surface area is 135 Å². The number of nitrogens with two attached hydrogens (primary N) is 1. The van der Waals surface area contributed by atoms with Crippen LogP contribution in [0.1, 0.15) is 6.42 Å². The van der Waals surface area contributed by atoms with Crippen molar-refractivity contribution in [3.8, 4) is 11.5 Å². The summed E-state index contributed by atoms with van der Waals surface area (Å²) in [5.74, 6) is 1.09. The SMILES string of the molecule is CSCCC(N)P(=O)(Oc1ccccc1)Oc1ccccc1. The molecule has 0 saturated heterocycles. The molecule has 0 aromatic heterocycles. The van der Waals surface area contributed by atoms with Gasteiger partial charge in [0.25, 0.3) is 0 Å². The van der Waals surface area contributed by atoms with Crippen LogP contribution in [0.25, 0.3) is 0 Å². The lowest BCUT2D eigenvalue weighted by Gasteiger charge is -2.24. The standard InChI is InChI=1S/C16H20NO3PS/c1-22-13-12-16(17)21(18,19-14-8-4-2-5-9-14)20-15-10-6-3-7-11-15/h2-11,16H,12-13,17H2,1H3. The quantitative estimate of drug-likeness (QED) is 0.725. The highest BCUT2D eigenvalue weighted by Gasteiger charge is 2.36. The van der Waals surface area contributed by atoms with Gasteiger partial charge in [0.05, 0.1) is 0 Å². The minimum atomic E-state index is -3.52. The number of thioether (sulfide) groups is 1. The lowest BCUT2D eigenvalue weighted by atomic mass is 10.3. The third kappa shape index (κ3) is 4.80. The molecule has 0 amide bonds. The molecule has 2 rings (SSSR count). The summed E-state index contributed by atoms with van der Waals surface area (Å²) in [7, 11) is -3.52. The minimum absolute atomic E-state index is 0.487. The van der Waals surface area contributed by atoms with Crippen LogP contribution >= 0.6 is 19.4 Å². The van der Waals surface area contributed by atoms with E-state index in [1.807, 2.05) is 42.7 Å². The highest BCUT2D eigenvalue weighted by molar-refractivity contribution is 7.98. The van der Waals surface area contributed by atoms with Crippen LogP contribution in [0.2, 0.25) is 0 Å². The lowest BCUT2D eigenvalue weighted by molar-refractivity contribution is 0.370. The fourth-order valence-corrected chi connectivity index (χ4v) is 4.06. The second-order valence-electron chi connectivity index (χ2n) is 4.70. The average Bonchev–Trinajstić information content (AvgIpc) is 2.54. The average molecular weight is 337 g/mol. The molecule has 0 saturated carbocycles. The van der Waals surface area contributed by atoms with E-state index in [4.69, 9.17) is 14.8 Å². The van der Waals surface area contributed by atoms with Gasteiger partial charge in [0.2, 0.25) is 0 Å². The number of hydrogen-bond donors (Lipinski definition) is 1. The molecule has 1 atom stereocenters. The first-order valence-corrected chi connectivity index (χ1v) is 9.98. The second-order valence-corrected chi connectivity index (χ2v) is 7.79. The summed E-state index contributed by atoms with van der Waals surface area (Å²) in [4.78, 5) is 0. The van der Waals surface area contributed by atoms with E-state index in [0.29, 0.717) is 17.9 Å². The van der Waals surface area contributed by atoms with Crippen molar-refractivity contribution in [2.75, 3.05) is 12.0 Å². The largest absolute Gasteiger partial charge is 0.447 e. The van der Waals surface area contributed by atoms with Crippen molar-refractivity contribution in [1.29, 1.82) is 0 Å². The third-order valence-electron chi connectivity index (χ3n) is 2.98. The third-order valence-corrected chi connectivity index (χ3v) is 5.62. The van der Waals surface area contributed by atoms with Crippen molar-refractivity contribution in [3.63, 3.8) is 0 Å². The molecule has 1 unspecified atom stereocenters. The molecular weight excluding hydrogens is 317 g/mol. The summed E-state index contributed by atoms with van der Waals surface area (Å²) in [5, 5.41) is 0. The Morgan fingerprint density at radius 3 is 1.86 bits per heavy atom. The maximum Gasteiger partial charge on any atom is 0.447 e. The molecule has 0 spiro atoms. The molecule has 0 bridgehead atoms. The Kier molecular flexibility index (Phi) is 6.37. The molecule has 2 aromatic rings. The van der Waals surface area contributed by atoms with Crippen molar-refractivity contribution >= 4 is 19.4 Å². The zero-order chi connectivity index (χ0) is 15.8. The van der Waals surface area contributed by atoms with Crippen LogP contribution in [0, 0.1) is 0 Å². The fraction of sp³-hybridized carbons (Fsp3) is 0.250. The Bertz CT molecular complexity index is 564. The van der Waals surface area contributed by atoms with Crippen molar-refractivity contribution in [2.24, 2.45) is 5.73 Å². The number of para-hydroxylation sites is 2. The minimum Gasteiger partial charge on any atom is -0.415 e. The van der Waals surface area contributed by atoms with Gasteiger partial charge >= 0.3 is 7.60 Å². The van der Waals surface area contributed by atoms with Crippen molar-refractivity contribution in [2.45, 2.75) is 12.2 Å². The monoisotopic (exact) mass is 337 g/mol. The van der Waals surface area contributed by atoms with Gasteiger partial charge in [0.1, 0.15) is 17.3 Å². The van der Waals surface area contributed by atoms with Crippen LogP contribution in [-0.4, -0.2) is 17.8 Å². The van der Waals surface area contributed by atoms with E-state index >= 15 is 0 Å². The molecule has 0 aliphatic rings. The van der Waals surface area contributed by atoms with E-state index in [1.54, 1.807) is 36.0 Å². The molecular formula is C16H20NO3PS. The predicted molar refractivity (Wildman–Crippen MR) is 92.7 cm³/mol. The number of rotatable bonds is 8. The maximum atomic E-state index is 13.2. The molecule has 0 aliphatic heterocycles. The zero-order valence-corrected chi connectivity index (χ0v) is 14.1. The topological polar surface area (TPSA) is 61.6 Å². The van der Waals surface area contributed by atoms with Gasteiger partial charge in [-0.2, -0.15) is 11.8 Å². The number of benzene rings is 2. The van der Waals surface area contributed by atoms with Crippen LogP contribution in [0.4, 0.5) is 0 Å². The van der Waals surface area contributed by atoms with Crippen LogP contribution < -0.4 is 14.8 Å². The molecule has 4 nitrogen and oxygen atoms in total. The second kappa shape index (κ2) is 8.28. The Hall–Kier alpha value is -1.42. The number of hydrogen-bond acceptors (Lipinski definition) is 5. The van der Waals surface area contributed by atoms with Crippen LogP contribution in [0.5, 0.6) is 11.5 Å². The van der Waals surface area contributed by atoms with Gasteiger partial charge < -0.3 is 14.8 Å². The smallest absolute Gasteiger partial charge is 0.415 e. The van der Waals surface area contributed by atoms with Gasteiger partial charge in [0, 0.05) is 0 Å². The van der Waals surface area contributed by atoms with E-state index in [0.717, 1.165) is 5.75 Å². The maximum absolute atomic E-state index is 13.2. The van der Waals surface area contributed by atoms with E-state index in [-0.39, 0.29) is 0 Å². The summed E-state index contributed by atoms with van der Waals surface area (Å²) in [6.45, 7) is 0. The summed E-state index contributed by atoms with van der Waals surface area (Å²) >= 11 is 1.65. The van der Waals surface area contributed by atoms with E-state index in [1.165, 1.54) is 0 Å². The van der Waals surface area contributed by atoms with E-state index < -0.39 is 13.4 Å². The molecule has 0 aliphatic carbocycles. The Morgan fingerprint density at radius 1 is 1.00 bits per heavy atom. The van der Waals surface area contributed by atoms with Gasteiger partial charge in [-0.15, -0.1) is 0 Å². The van der Waals surface area contributed by atoms with E-state index in [9.17, 15) is 4.57 Å². The molecule has 2 aromatic carbocycles. The van der Waals surface area contributed by atoms with Gasteiger partial charge in [-0.05, 0) is 42.7 Å². The highest BCUT2D eigenvalue weighted by atomic mass is 32.2. The Morgan fingerprint density at radius 2 is 1.45 bits per heavy atom. The molecule has 118 valence electrons. The first-order valence-electron chi connectivity index (χ1n) is 6.97. The molecule has 0 fully saturated rings. The highest BCUT2D eigenvalue weighted by Crippen LogP contribution is 2.52. The van der Waals surface area contributed by atoms with Gasteiger partial charge in [-0.1, -0.05) is 36.4 Å². The van der Waals surface area contributed by atoms with Gasteiger partial charge in [0.15, 0.2) is 0 Å².